The van der Waals surface area contributed by atoms with Crippen molar-refractivity contribution in [3.05, 3.63) is 63.1 Å². The van der Waals surface area contributed by atoms with E-state index in [0.717, 1.165) is 21.3 Å². The van der Waals surface area contributed by atoms with Crippen molar-refractivity contribution in [1.29, 1.82) is 0 Å². The second kappa shape index (κ2) is 6.39. The highest BCUT2D eigenvalue weighted by atomic mass is 79.9. The van der Waals surface area contributed by atoms with Crippen LogP contribution in [0.15, 0.2) is 46.9 Å². The summed E-state index contributed by atoms with van der Waals surface area (Å²) in [7, 11) is 1.63. The fourth-order valence-electron chi connectivity index (χ4n) is 2.00. The first-order valence-electron chi connectivity index (χ1n) is 5.72. The molecule has 5 heteroatoms. The zero-order valence-corrected chi connectivity index (χ0v) is 12.7. The minimum atomic E-state index is -0.235. The maximum Gasteiger partial charge on any atom is 0.124 e. The van der Waals surface area contributed by atoms with Gasteiger partial charge in [-0.25, -0.2) is 5.43 Å². The lowest BCUT2D eigenvalue weighted by atomic mass is 9.98. The largest absolute Gasteiger partial charge is 0.496 e. The summed E-state index contributed by atoms with van der Waals surface area (Å²) in [6, 6.07) is 13.2. The van der Waals surface area contributed by atoms with Gasteiger partial charge in [0.05, 0.1) is 18.2 Å². The van der Waals surface area contributed by atoms with Gasteiger partial charge in [0.15, 0.2) is 0 Å². The number of benzene rings is 2. The number of nitrogens with two attached hydrogens (primary N) is 1. The monoisotopic (exact) mass is 340 g/mol. The van der Waals surface area contributed by atoms with Crippen LogP contribution in [-0.2, 0) is 0 Å². The Kier molecular flexibility index (Phi) is 4.82. The number of hydrazine groups is 1. The number of rotatable bonds is 4. The predicted molar refractivity (Wildman–Crippen MR) is 81.3 cm³/mol. The second-order valence-corrected chi connectivity index (χ2v) is 5.22. The molecule has 2 rings (SSSR count). The van der Waals surface area contributed by atoms with E-state index in [-0.39, 0.29) is 6.04 Å². The molecule has 1 unspecified atom stereocenters. The van der Waals surface area contributed by atoms with Crippen LogP contribution in [0.25, 0.3) is 0 Å². The van der Waals surface area contributed by atoms with Gasteiger partial charge in [-0.1, -0.05) is 41.9 Å². The molecule has 0 radical (unpaired) electrons. The number of nitrogens with one attached hydrogen (secondary N) is 1. The summed E-state index contributed by atoms with van der Waals surface area (Å²) in [6.07, 6.45) is 0. The van der Waals surface area contributed by atoms with Gasteiger partial charge in [-0.2, -0.15) is 0 Å². The number of hydrogen-bond donors (Lipinski definition) is 2. The molecule has 2 aromatic carbocycles. The van der Waals surface area contributed by atoms with Crippen molar-refractivity contribution >= 4 is 27.5 Å². The number of para-hydroxylation sites is 1. The van der Waals surface area contributed by atoms with Gasteiger partial charge >= 0.3 is 0 Å². The molecule has 3 nitrogen and oxygen atoms in total. The van der Waals surface area contributed by atoms with Crippen molar-refractivity contribution in [1.82, 2.24) is 5.43 Å². The summed E-state index contributed by atoms with van der Waals surface area (Å²) in [5, 5.41) is 0.636. The Morgan fingerprint density at radius 3 is 2.53 bits per heavy atom. The predicted octanol–water partition coefficient (Wildman–Crippen LogP) is 3.66. The first-order chi connectivity index (χ1) is 9.19. The van der Waals surface area contributed by atoms with Crippen LogP contribution in [0.1, 0.15) is 17.2 Å². The standard InChI is InChI=1S/C14H14BrClN2O/c1-19-12-8-3-2-5-9(12)14(18-17)10-6-4-7-11(15)13(10)16/h2-8,14,18H,17H2,1H3. The lowest BCUT2D eigenvalue weighted by Gasteiger charge is -2.21. The molecule has 0 bridgehead atoms. The van der Waals surface area contributed by atoms with Crippen LogP contribution in [0.3, 0.4) is 0 Å². The molecule has 0 amide bonds. The first kappa shape index (κ1) is 14.3. The van der Waals surface area contributed by atoms with Crippen LogP contribution in [0.5, 0.6) is 5.75 Å². The van der Waals surface area contributed by atoms with Crippen LogP contribution in [0.2, 0.25) is 5.02 Å². The molecule has 1 atom stereocenters. The van der Waals surface area contributed by atoms with Gasteiger partial charge in [0.2, 0.25) is 0 Å². The summed E-state index contributed by atoms with van der Waals surface area (Å²) in [6.45, 7) is 0. The van der Waals surface area contributed by atoms with E-state index in [4.69, 9.17) is 22.2 Å². The third-order valence-corrected chi connectivity index (χ3v) is 4.22. The molecular formula is C14H14BrClN2O. The van der Waals surface area contributed by atoms with Crippen molar-refractivity contribution < 1.29 is 4.74 Å². The van der Waals surface area contributed by atoms with Crippen molar-refractivity contribution in [3.8, 4) is 5.75 Å². The molecule has 0 aliphatic heterocycles. The van der Waals surface area contributed by atoms with Crippen molar-refractivity contribution in [2.45, 2.75) is 6.04 Å². The zero-order chi connectivity index (χ0) is 13.8. The highest BCUT2D eigenvalue weighted by molar-refractivity contribution is 9.10. The van der Waals surface area contributed by atoms with Crippen molar-refractivity contribution in [2.24, 2.45) is 5.84 Å². The summed E-state index contributed by atoms with van der Waals surface area (Å²) in [5.41, 5.74) is 4.62. The van der Waals surface area contributed by atoms with Crippen molar-refractivity contribution in [3.63, 3.8) is 0 Å². The van der Waals surface area contributed by atoms with Gasteiger partial charge in [0, 0.05) is 10.0 Å². The fourth-order valence-corrected chi connectivity index (χ4v) is 2.61. The lowest BCUT2D eigenvalue weighted by Crippen LogP contribution is -2.29. The van der Waals surface area contributed by atoms with Gasteiger partial charge in [-0.05, 0) is 33.6 Å². The highest BCUT2D eigenvalue weighted by Gasteiger charge is 2.19. The van der Waals surface area contributed by atoms with E-state index >= 15 is 0 Å². The Labute approximate surface area is 125 Å². The Morgan fingerprint density at radius 1 is 1.16 bits per heavy atom. The molecule has 3 N–H and O–H groups in total. The van der Waals surface area contributed by atoms with Gasteiger partial charge < -0.3 is 4.74 Å². The maximum atomic E-state index is 6.33. The average molecular weight is 342 g/mol. The number of hydrogen-bond acceptors (Lipinski definition) is 3. The van der Waals surface area contributed by atoms with Gasteiger partial charge in [0.25, 0.3) is 0 Å². The molecule has 0 spiro atoms. The van der Waals surface area contributed by atoms with Crippen LogP contribution in [-0.4, -0.2) is 7.11 Å². The van der Waals surface area contributed by atoms with Crippen LogP contribution in [0.4, 0.5) is 0 Å². The SMILES string of the molecule is COc1ccccc1C(NN)c1cccc(Br)c1Cl. The third-order valence-electron chi connectivity index (χ3n) is 2.91. The third kappa shape index (κ3) is 2.92. The molecule has 19 heavy (non-hydrogen) atoms. The molecule has 0 heterocycles. The Balaban J connectivity index is 2.53. The zero-order valence-electron chi connectivity index (χ0n) is 10.4. The maximum absolute atomic E-state index is 6.33. The molecule has 0 saturated heterocycles. The summed E-state index contributed by atoms with van der Waals surface area (Å²) >= 11 is 9.75. The van der Waals surface area contributed by atoms with Crippen LogP contribution < -0.4 is 16.0 Å². The van der Waals surface area contributed by atoms with E-state index in [0.29, 0.717) is 5.02 Å². The van der Waals surface area contributed by atoms with Crippen molar-refractivity contribution in [2.75, 3.05) is 7.11 Å². The number of methoxy groups -OCH3 is 1. The molecule has 0 aliphatic rings. The molecule has 100 valence electrons. The molecule has 0 saturated carbocycles. The van der Waals surface area contributed by atoms with E-state index < -0.39 is 0 Å². The lowest BCUT2D eigenvalue weighted by molar-refractivity contribution is 0.404. The highest BCUT2D eigenvalue weighted by Crippen LogP contribution is 2.36. The minimum absolute atomic E-state index is 0.235. The molecule has 0 aromatic heterocycles. The molecule has 2 aromatic rings. The quantitative estimate of drug-likeness (QED) is 0.659. The van der Waals surface area contributed by atoms with E-state index in [2.05, 4.69) is 21.4 Å². The van der Waals surface area contributed by atoms with Gasteiger partial charge in [-0.15, -0.1) is 0 Å². The summed E-state index contributed by atoms with van der Waals surface area (Å²) < 4.78 is 6.20. The van der Waals surface area contributed by atoms with E-state index in [1.54, 1.807) is 7.11 Å². The molecule has 0 fully saturated rings. The normalized spacial score (nSPS) is 12.2. The fraction of sp³-hybridized carbons (Fsp3) is 0.143. The number of ether oxygens (including phenoxy) is 1. The van der Waals surface area contributed by atoms with E-state index in [9.17, 15) is 0 Å². The Hall–Kier alpha value is -1.07. The molecular weight excluding hydrogens is 328 g/mol. The summed E-state index contributed by atoms with van der Waals surface area (Å²) in [4.78, 5) is 0. The molecule has 0 aliphatic carbocycles. The summed E-state index contributed by atoms with van der Waals surface area (Å²) in [5.74, 6) is 6.47. The average Bonchev–Trinajstić information content (AvgIpc) is 2.45. The minimum Gasteiger partial charge on any atom is -0.496 e. The Morgan fingerprint density at radius 2 is 1.84 bits per heavy atom. The first-order valence-corrected chi connectivity index (χ1v) is 6.89. The Bertz CT molecular complexity index is 577. The van der Waals surface area contributed by atoms with E-state index in [1.807, 2.05) is 42.5 Å². The van der Waals surface area contributed by atoms with Gasteiger partial charge in [0.1, 0.15) is 5.75 Å². The smallest absolute Gasteiger partial charge is 0.124 e. The van der Waals surface area contributed by atoms with Crippen LogP contribution in [0, 0.1) is 0 Å². The van der Waals surface area contributed by atoms with Crippen LogP contribution >= 0.6 is 27.5 Å². The topological polar surface area (TPSA) is 47.3 Å². The second-order valence-electron chi connectivity index (χ2n) is 3.98. The van der Waals surface area contributed by atoms with Gasteiger partial charge in [-0.3, -0.25) is 5.84 Å². The number of halogens is 2. The van der Waals surface area contributed by atoms with E-state index in [1.165, 1.54) is 0 Å².